The van der Waals surface area contributed by atoms with E-state index in [1.165, 1.54) is 18.3 Å². The van der Waals surface area contributed by atoms with Crippen LogP contribution in [0.15, 0.2) is 22.2 Å². The molecule has 2 aromatic heterocycles. The minimum atomic E-state index is -0.0209. The van der Waals surface area contributed by atoms with Crippen molar-refractivity contribution in [3.05, 3.63) is 27.3 Å². The van der Waals surface area contributed by atoms with E-state index in [0.29, 0.717) is 10.8 Å². The molecule has 0 amide bonds. The fourth-order valence-electron chi connectivity index (χ4n) is 0.958. The standard InChI is InChI=1S/C8H6BrN3OS/c1-5(13)8-11-7(4-14-8)12-3-6(9)2-10-12/h2-4H,1H3. The van der Waals surface area contributed by atoms with E-state index in [-0.39, 0.29) is 5.78 Å². The van der Waals surface area contributed by atoms with E-state index >= 15 is 0 Å². The summed E-state index contributed by atoms with van der Waals surface area (Å²) in [6.07, 6.45) is 3.46. The highest BCUT2D eigenvalue weighted by Crippen LogP contribution is 2.15. The highest BCUT2D eigenvalue weighted by molar-refractivity contribution is 9.10. The lowest BCUT2D eigenvalue weighted by Gasteiger charge is -1.91. The SMILES string of the molecule is CC(=O)c1nc(-n2cc(Br)cn2)cs1. The van der Waals surface area contributed by atoms with E-state index in [9.17, 15) is 4.79 Å². The Kier molecular flexibility index (Phi) is 2.47. The van der Waals surface area contributed by atoms with Crippen LogP contribution in [0.4, 0.5) is 0 Å². The fourth-order valence-corrected chi connectivity index (χ4v) is 1.93. The summed E-state index contributed by atoms with van der Waals surface area (Å²) in [5.41, 5.74) is 0. The molecule has 2 aromatic rings. The molecular formula is C8H6BrN3OS. The average Bonchev–Trinajstić information content (AvgIpc) is 2.70. The summed E-state index contributed by atoms with van der Waals surface area (Å²) >= 11 is 4.62. The van der Waals surface area contributed by atoms with Gasteiger partial charge in [0, 0.05) is 18.5 Å². The summed E-state index contributed by atoms with van der Waals surface area (Å²) in [7, 11) is 0. The largest absolute Gasteiger partial charge is 0.292 e. The zero-order valence-electron chi connectivity index (χ0n) is 7.27. The Balaban J connectivity index is 2.38. The van der Waals surface area contributed by atoms with Crippen LogP contribution in [0.1, 0.15) is 16.7 Å². The Bertz CT molecular complexity index is 476. The first kappa shape index (κ1) is 9.54. The molecule has 0 spiro atoms. The molecule has 72 valence electrons. The second kappa shape index (κ2) is 3.62. The van der Waals surface area contributed by atoms with Gasteiger partial charge >= 0.3 is 0 Å². The zero-order chi connectivity index (χ0) is 10.1. The van der Waals surface area contributed by atoms with Crippen LogP contribution in [0.5, 0.6) is 0 Å². The van der Waals surface area contributed by atoms with Gasteiger partial charge in [-0.25, -0.2) is 9.67 Å². The molecule has 0 aliphatic rings. The van der Waals surface area contributed by atoms with Crippen molar-refractivity contribution in [3.63, 3.8) is 0 Å². The maximum absolute atomic E-state index is 11.0. The van der Waals surface area contributed by atoms with Gasteiger partial charge in [0.05, 0.1) is 10.7 Å². The molecule has 0 aromatic carbocycles. The lowest BCUT2D eigenvalue weighted by Crippen LogP contribution is -1.96. The minimum Gasteiger partial charge on any atom is -0.292 e. The third-order valence-electron chi connectivity index (χ3n) is 1.58. The van der Waals surface area contributed by atoms with Gasteiger partial charge in [0.2, 0.25) is 0 Å². The monoisotopic (exact) mass is 271 g/mol. The minimum absolute atomic E-state index is 0.0209. The third kappa shape index (κ3) is 1.76. The van der Waals surface area contributed by atoms with Crippen molar-refractivity contribution in [2.45, 2.75) is 6.92 Å². The highest BCUT2D eigenvalue weighted by atomic mass is 79.9. The molecule has 0 fully saturated rings. The molecule has 0 saturated heterocycles. The van der Waals surface area contributed by atoms with Crippen molar-refractivity contribution in [3.8, 4) is 5.82 Å². The molecule has 0 aliphatic carbocycles. The summed E-state index contributed by atoms with van der Waals surface area (Å²) in [4.78, 5) is 15.1. The van der Waals surface area contributed by atoms with Gasteiger partial charge in [-0.05, 0) is 15.9 Å². The zero-order valence-corrected chi connectivity index (χ0v) is 9.67. The molecule has 2 heterocycles. The number of Topliss-reactive ketones (excluding diaryl/α,β-unsaturated/α-hetero) is 1. The van der Waals surface area contributed by atoms with Crippen LogP contribution in [0.3, 0.4) is 0 Å². The van der Waals surface area contributed by atoms with Crippen LogP contribution in [-0.2, 0) is 0 Å². The smallest absolute Gasteiger partial charge is 0.188 e. The van der Waals surface area contributed by atoms with Gasteiger partial charge in [-0.1, -0.05) is 0 Å². The number of carbonyl (C=O) groups is 1. The number of hydrogen-bond donors (Lipinski definition) is 0. The summed E-state index contributed by atoms with van der Waals surface area (Å²) in [6, 6.07) is 0. The van der Waals surface area contributed by atoms with Gasteiger partial charge in [0.15, 0.2) is 16.6 Å². The van der Waals surface area contributed by atoms with Crippen LogP contribution in [0, 0.1) is 0 Å². The first-order chi connectivity index (χ1) is 6.66. The fraction of sp³-hybridized carbons (Fsp3) is 0.125. The molecule has 0 atom stereocenters. The molecule has 0 bridgehead atoms. The first-order valence-corrected chi connectivity index (χ1v) is 5.51. The Hall–Kier alpha value is -1.01. The Morgan fingerprint density at radius 2 is 2.43 bits per heavy atom. The van der Waals surface area contributed by atoms with Crippen LogP contribution in [0.25, 0.3) is 5.82 Å². The molecule has 2 rings (SSSR count). The Morgan fingerprint density at radius 3 is 2.93 bits per heavy atom. The lowest BCUT2D eigenvalue weighted by atomic mass is 10.5. The van der Waals surface area contributed by atoms with E-state index < -0.39 is 0 Å². The van der Waals surface area contributed by atoms with Crippen LogP contribution in [0.2, 0.25) is 0 Å². The van der Waals surface area contributed by atoms with Gasteiger partial charge < -0.3 is 0 Å². The summed E-state index contributed by atoms with van der Waals surface area (Å²) in [6.45, 7) is 1.50. The molecule has 0 saturated carbocycles. The maximum Gasteiger partial charge on any atom is 0.188 e. The second-order valence-electron chi connectivity index (χ2n) is 2.67. The predicted molar refractivity (Wildman–Crippen MR) is 56.9 cm³/mol. The topological polar surface area (TPSA) is 47.8 Å². The number of hydrogen-bond acceptors (Lipinski definition) is 4. The summed E-state index contributed by atoms with van der Waals surface area (Å²) in [5.74, 6) is 0.651. The highest BCUT2D eigenvalue weighted by Gasteiger charge is 2.07. The second-order valence-corrected chi connectivity index (χ2v) is 4.44. The molecule has 0 aliphatic heterocycles. The molecule has 6 heteroatoms. The summed E-state index contributed by atoms with van der Waals surface area (Å²) < 4.78 is 2.50. The number of thiazole rings is 1. The van der Waals surface area contributed by atoms with E-state index in [2.05, 4.69) is 26.0 Å². The van der Waals surface area contributed by atoms with Crippen molar-refractivity contribution < 1.29 is 4.79 Å². The summed E-state index contributed by atoms with van der Waals surface area (Å²) in [5, 5.41) is 6.37. The molecule has 4 nitrogen and oxygen atoms in total. The van der Waals surface area contributed by atoms with Gasteiger partial charge in [0.25, 0.3) is 0 Å². The lowest BCUT2D eigenvalue weighted by molar-refractivity contribution is 0.101. The number of halogens is 1. The number of nitrogens with zero attached hydrogens (tertiary/aromatic N) is 3. The third-order valence-corrected chi connectivity index (χ3v) is 2.92. The van der Waals surface area contributed by atoms with Gasteiger partial charge in [-0.15, -0.1) is 11.3 Å². The van der Waals surface area contributed by atoms with Gasteiger partial charge in [-0.3, -0.25) is 4.79 Å². The van der Waals surface area contributed by atoms with E-state index in [1.54, 1.807) is 22.5 Å². The van der Waals surface area contributed by atoms with Crippen LogP contribution < -0.4 is 0 Å². The van der Waals surface area contributed by atoms with E-state index in [4.69, 9.17) is 0 Å². The number of rotatable bonds is 2. The van der Waals surface area contributed by atoms with Gasteiger partial charge in [0.1, 0.15) is 0 Å². The van der Waals surface area contributed by atoms with E-state index in [0.717, 1.165) is 4.47 Å². The quantitative estimate of drug-likeness (QED) is 0.788. The molecular weight excluding hydrogens is 266 g/mol. The van der Waals surface area contributed by atoms with Crippen molar-refractivity contribution >= 4 is 33.0 Å². The predicted octanol–water partition coefficient (Wildman–Crippen LogP) is 2.29. The van der Waals surface area contributed by atoms with Crippen LogP contribution in [-0.4, -0.2) is 20.5 Å². The Labute approximate surface area is 92.7 Å². The normalized spacial score (nSPS) is 10.4. The molecule has 0 N–H and O–H groups in total. The van der Waals surface area contributed by atoms with Crippen molar-refractivity contribution in [2.75, 3.05) is 0 Å². The van der Waals surface area contributed by atoms with Crippen molar-refractivity contribution in [1.29, 1.82) is 0 Å². The van der Waals surface area contributed by atoms with Crippen molar-refractivity contribution in [2.24, 2.45) is 0 Å². The molecule has 0 unspecified atom stereocenters. The number of carbonyl (C=O) groups excluding carboxylic acids is 1. The number of aromatic nitrogens is 3. The molecule has 0 radical (unpaired) electrons. The number of ketones is 1. The molecule has 14 heavy (non-hydrogen) atoms. The van der Waals surface area contributed by atoms with Crippen molar-refractivity contribution in [1.82, 2.24) is 14.8 Å². The average molecular weight is 272 g/mol. The van der Waals surface area contributed by atoms with Gasteiger partial charge in [-0.2, -0.15) is 5.10 Å². The first-order valence-electron chi connectivity index (χ1n) is 3.84. The van der Waals surface area contributed by atoms with E-state index in [1.807, 2.05) is 0 Å². The van der Waals surface area contributed by atoms with Crippen LogP contribution >= 0.6 is 27.3 Å². The maximum atomic E-state index is 11.0. The Morgan fingerprint density at radius 1 is 1.64 bits per heavy atom.